The average molecular weight is 378 g/mol. The van der Waals surface area contributed by atoms with Gasteiger partial charge in [-0.25, -0.2) is 9.67 Å². The fourth-order valence-corrected chi connectivity index (χ4v) is 3.31. The van der Waals surface area contributed by atoms with Gasteiger partial charge in [0, 0.05) is 29.3 Å². The first-order valence-electron chi connectivity index (χ1n) is 9.33. The third kappa shape index (κ3) is 3.41. The van der Waals surface area contributed by atoms with Gasteiger partial charge in [0.1, 0.15) is 5.82 Å². The molecule has 0 aliphatic heterocycles. The maximum Gasteiger partial charge on any atom is 0.138 e. The maximum atomic E-state index is 5.23. The lowest BCUT2D eigenvalue weighted by Gasteiger charge is -2.25. The summed E-state index contributed by atoms with van der Waals surface area (Å²) in [6.45, 7) is 0. The van der Waals surface area contributed by atoms with Crippen LogP contribution in [0, 0.1) is 0 Å². The van der Waals surface area contributed by atoms with Gasteiger partial charge in [-0.1, -0.05) is 30.3 Å². The molecule has 5 heteroatoms. The predicted octanol–water partition coefficient (Wildman–Crippen LogP) is 6.00. The van der Waals surface area contributed by atoms with E-state index in [4.69, 9.17) is 9.40 Å². The molecule has 0 fully saturated rings. The van der Waals surface area contributed by atoms with Crippen molar-refractivity contribution in [2.24, 2.45) is 0 Å². The molecule has 0 saturated heterocycles. The minimum absolute atomic E-state index is 0.826. The highest BCUT2D eigenvalue weighted by molar-refractivity contribution is 5.76. The van der Waals surface area contributed by atoms with Crippen molar-refractivity contribution in [3.8, 4) is 16.9 Å². The van der Waals surface area contributed by atoms with Crippen LogP contribution in [0.2, 0.25) is 0 Å². The lowest BCUT2D eigenvalue weighted by molar-refractivity contribution is 0.568. The number of hydrogen-bond acceptors (Lipinski definition) is 4. The third-order valence-corrected chi connectivity index (χ3v) is 4.65. The quantitative estimate of drug-likeness (QED) is 0.376. The van der Waals surface area contributed by atoms with Gasteiger partial charge in [0.15, 0.2) is 0 Å². The topological polar surface area (TPSA) is 47.1 Å². The van der Waals surface area contributed by atoms with E-state index in [1.807, 2.05) is 71.5 Å². The molecule has 3 aromatic heterocycles. The average Bonchev–Trinajstić information content (AvgIpc) is 3.50. The van der Waals surface area contributed by atoms with Gasteiger partial charge < -0.3 is 4.42 Å². The lowest BCUT2D eigenvalue weighted by atomic mass is 10.2. The van der Waals surface area contributed by atoms with Crippen LogP contribution in [0.1, 0.15) is 0 Å². The van der Waals surface area contributed by atoms with E-state index >= 15 is 0 Å². The van der Waals surface area contributed by atoms with Crippen LogP contribution in [0.5, 0.6) is 0 Å². The second-order valence-corrected chi connectivity index (χ2v) is 6.53. The molecule has 5 rings (SSSR count). The van der Waals surface area contributed by atoms with E-state index in [1.165, 1.54) is 0 Å². The van der Waals surface area contributed by atoms with Gasteiger partial charge in [0.05, 0.1) is 23.9 Å². The monoisotopic (exact) mass is 378 g/mol. The molecular formula is C24H18N4O. The molecule has 0 bridgehead atoms. The van der Waals surface area contributed by atoms with Gasteiger partial charge in [-0.05, 0) is 54.6 Å². The van der Waals surface area contributed by atoms with Gasteiger partial charge in [0.2, 0.25) is 0 Å². The Hall–Kier alpha value is -4.12. The molecule has 0 radical (unpaired) electrons. The fourth-order valence-electron chi connectivity index (χ4n) is 3.31. The molecule has 0 N–H and O–H groups in total. The largest absolute Gasteiger partial charge is 0.472 e. The van der Waals surface area contributed by atoms with E-state index in [0.29, 0.717) is 0 Å². The zero-order valence-electron chi connectivity index (χ0n) is 15.6. The van der Waals surface area contributed by atoms with Gasteiger partial charge >= 0.3 is 0 Å². The first-order chi connectivity index (χ1) is 14.4. The van der Waals surface area contributed by atoms with E-state index in [2.05, 4.69) is 34.3 Å². The molecule has 3 heterocycles. The first kappa shape index (κ1) is 17.0. The highest BCUT2D eigenvalue weighted by Gasteiger charge is 2.15. The second-order valence-electron chi connectivity index (χ2n) is 6.53. The number of aromatic nitrogens is 3. The van der Waals surface area contributed by atoms with Crippen LogP contribution in [0.25, 0.3) is 16.9 Å². The summed E-state index contributed by atoms with van der Waals surface area (Å²) >= 11 is 0. The third-order valence-electron chi connectivity index (χ3n) is 4.65. The number of benzene rings is 2. The molecule has 0 atom stereocenters. The highest BCUT2D eigenvalue weighted by atomic mass is 16.3. The second kappa shape index (κ2) is 7.48. The molecule has 0 aliphatic carbocycles. The van der Waals surface area contributed by atoms with Crippen molar-refractivity contribution in [3.05, 3.63) is 110 Å². The van der Waals surface area contributed by atoms with Gasteiger partial charge in [0.25, 0.3) is 0 Å². The van der Waals surface area contributed by atoms with Gasteiger partial charge in [-0.3, -0.25) is 4.90 Å². The van der Waals surface area contributed by atoms with Crippen molar-refractivity contribution in [2.75, 3.05) is 4.90 Å². The van der Waals surface area contributed by atoms with Crippen LogP contribution in [0.3, 0.4) is 0 Å². The van der Waals surface area contributed by atoms with Crippen molar-refractivity contribution >= 4 is 17.2 Å². The van der Waals surface area contributed by atoms with Crippen molar-refractivity contribution in [1.29, 1.82) is 0 Å². The summed E-state index contributed by atoms with van der Waals surface area (Å²) in [4.78, 5) is 7.04. The molecule has 5 nitrogen and oxygen atoms in total. The standard InChI is InChI=1S/C24H18N4O/c1-2-7-20(8-3-1)28(22-10-4-9-21(17-22)27-15-6-14-25-27)24-12-5-11-23(26-24)19-13-16-29-18-19/h1-18H. The number of para-hydroxylation sites is 1. The molecule has 0 unspecified atom stereocenters. The molecule has 0 amide bonds. The molecule has 2 aromatic carbocycles. The lowest BCUT2D eigenvalue weighted by Crippen LogP contribution is -2.12. The van der Waals surface area contributed by atoms with Crippen molar-refractivity contribution in [2.45, 2.75) is 0 Å². The van der Waals surface area contributed by atoms with Crippen LogP contribution in [0.4, 0.5) is 17.2 Å². The number of hydrogen-bond donors (Lipinski definition) is 0. The highest BCUT2D eigenvalue weighted by Crippen LogP contribution is 2.35. The Morgan fingerprint density at radius 2 is 1.66 bits per heavy atom. The Balaban J connectivity index is 1.64. The summed E-state index contributed by atoms with van der Waals surface area (Å²) in [6.07, 6.45) is 7.07. The number of nitrogens with zero attached hydrogens (tertiary/aromatic N) is 4. The Morgan fingerprint density at radius 3 is 2.45 bits per heavy atom. The number of furan rings is 1. The SMILES string of the molecule is c1ccc(N(c2cccc(-n3cccn3)c2)c2cccc(-c3ccoc3)n2)cc1. The summed E-state index contributed by atoms with van der Waals surface area (Å²) in [5, 5.41) is 4.35. The van der Waals surface area contributed by atoms with E-state index in [9.17, 15) is 0 Å². The van der Waals surface area contributed by atoms with Crippen molar-refractivity contribution in [1.82, 2.24) is 14.8 Å². The molecule has 0 saturated carbocycles. The minimum atomic E-state index is 0.826. The Morgan fingerprint density at radius 1 is 0.793 bits per heavy atom. The van der Waals surface area contributed by atoms with Crippen LogP contribution in [0.15, 0.2) is 114 Å². The predicted molar refractivity (Wildman–Crippen MR) is 114 cm³/mol. The Bertz CT molecular complexity index is 1120. The summed E-state index contributed by atoms with van der Waals surface area (Å²) in [5.41, 5.74) is 4.83. The minimum Gasteiger partial charge on any atom is -0.472 e. The van der Waals surface area contributed by atoms with Crippen molar-refractivity contribution < 1.29 is 4.42 Å². The van der Waals surface area contributed by atoms with E-state index in [-0.39, 0.29) is 0 Å². The first-order valence-corrected chi connectivity index (χ1v) is 9.33. The normalized spacial score (nSPS) is 10.8. The van der Waals surface area contributed by atoms with Gasteiger partial charge in [-0.15, -0.1) is 0 Å². The smallest absolute Gasteiger partial charge is 0.138 e. The van der Waals surface area contributed by atoms with E-state index < -0.39 is 0 Å². The summed E-state index contributed by atoms with van der Waals surface area (Å²) in [5.74, 6) is 0.826. The van der Waals surface area contributed by atoms with Crippen LogP contribution in [-0.2, 0) is 0 Å². The van der Waals surface area contributed by atoms with E-state index in [0.717, 1.165) is 34.1 Å². The summed E-state index contributed by atoms with van der Waals surface area (Å²) < 4.78 is 7.08. The maximum absolute atomic E-state index is 5.23. The fraction of sp³-hybridized carbons (Fsp3) is 0. The van der Waals surface area contributed by atoms with Crippen molar-refractivity contribution in [3.63, 3.8) is 0 Å². The van der Waals surface area contributed by atoms with Gasteiger partial charge in [-0.2, -0.15) is 5.10 Å². The zero-order chi connectivity index (χ0) is 19.5. The Kier molecular flexibility index (Phi) is 4.39. The molecule has 0 spiro atoms. The molecule has 0 aliphatic rings. The van der Waals surface area contributed by atoms with Crippen LogP contribution >= 0.6 is 0 Å². The number of anilines is 3. The molecule has 29 heavy (non-hydrogen) atoms. The number of pyridine rings is 1. The van der Waals surface area contributed by atoms with E-state index in [1.54, 1.807) is 18.7 Å². The number of rotatable bonds is 5. The van der Waals surface area contributed by atoms with Crippen LogP contribution in [-0.4, -0.2) is 14.8 Å². The zero-order valence-corrected chi connectivity index (χ0v) is 15.6. The summed E-state index contributed by atoms with van der Waals surface area (Å²) in [6, 6.07) is 28.3. The molecule has 140 valence electrons. The molecule has 5 aromatic rings. The Labute approximate surface area is 168 Å². The van der Waals surface area contributed by atoms with Crippen LogP contribution < -0.4 is 4.90 Å². The summed E-state index contributed by atoms with van der Waals surface area (Å²) in [7, 11) is 0. The molecular weight excluding hydrogens is 360 g/mol.